The average Bonchev–Trinajstić information content (AvgIpc) is 3.30. The highest BCUT2D eigenvalue weighted by Gasteiger charge is 2.47. The van der Waals surface area contributed by atoms with Gasteiger partial charge in [0, 0.05) is 13.0 Å². The van der Waals surface area contributed by atoms with Gasteiger partial charge in [-0.1, -0.05) is 58.6 Å². The fourth-order valence-electron chi connectivity index (χ4n) is 7.31. The first-order valence-electron chi connectivity index (χ1n) is 16.6. The van der Waals surface area contributed by atoms with E-state index in [0.29, 0.717) is 24.2 Å². The molecular weight excluding hydrogens is 532 g/mol. The lowest BCUT2D eigenvalue weighted by atomic mass is 9.73. The molecule has 2 fully saturated rings. The Morgan fingerprint density at radius 1 is 1.05 bits per heavy atom. The normalized spacial score (nSPS) is 25.9. The number of ether oxygens (including phenoxy) is 5. The fourth-order valence-corrected chi connectivity index (χ4v) is 7.31. The van der Waals surface area contributed by atoms with Crippen LogP contribution in [-0.2, 0) is 41.4 Å². The van der Waals surface area contributed by atoms with Crippen LogP contribution >= 0.6 is 0 Å². The Kier molecular flexibility index (Phi) is 13.0. The van der Waals surface area contributed by atoms with Gasteiger partial charge < -0.3 is 23.7 Å². The Labute approximate surface area is 253 Å². The van der Waals surface area contributed by atoms with Crippen LogP contribution in [0.15, 0.2) is 18.2 Å². The number of unbranched alkanes of at least 4 members (excludes halogenated alkanes) is 2. The third kappa shape index (κ3) is 9.44. The first-order chi connectivity index (χ1) is 20.4. The first kappa shape index (κ1) is 32.8. The molecule has 1 saturated heterocycles. The van der Waals surface area contributed by atoms with Gasteiger partial charge in [-0.3, -0.25) is 4.79 Å². The molecule has 1 aromatic rings. The molecule has 2 aliphatic carbocycles. The number of methoxy groups -OCH3 is 1. The highest BCUT2D eigenvalue weighted by atomic mass is 16.7. The van der Waals surface area contributed by atoms with E-state index in [4.69, 9.17) is 23.7 Å². The highest BCUT2D eigenvalue weighted by Crippen LogP contribution is 2.49. The second-order valence-electron chi connectivity index (χ2n) is 13.1. The molecule has 7 nitrogen and oxygen atoms in total. The Balaban J connectivity index is 1.43. The van der Waals surface area contributed by atoms with Crippen molar-refractivity contribution in [3.8, 4) is 5.75 Å². The Bertz CT molecular complexity index is 986. The van der Waals surface area contributed by atoms with Gasteiger partial charge in [0.25, 0.3) is 0 Å². The van der Waals surface area contributed by atoms with Crippen LogP contribution in [0.4, 0.5) is 0 Å². The Morgan fingerprint density at radius 2 is 1.88 bits per heavy atom. The minimum atomic E-state index is -0.383. The third-order valence-corrected chi connectivity index (χ3v) is 9.43. The standard InChI is InChI=1S/C35H54O7/c1-5-6-7-13-27(41-35-17-8-9-18-39-35)14-11-15-28-29-20-25-12-10-16-31(40-23-34(37)38-4)30(25)21-26(29)22-32(28)42-33(36)19-24(2)3/h10,12,16,24,26-29,32,35H,5-9,11,13-15,17-23H2,1-4H3/t26-,27-,28+,29-,32+,35?/m0/s1. The first-order valence-corrected chi connectivity index (χ1v) is 16.6. The molecule has 0 spiro atoms. The third-order valence-electron chi connectivity index (χ3n) is 9.43. The number of fused-ring (bicyclic) bond motifs is 2. The summed E-state index contributed by atoms with van der Waals surface area (Å²) in [7, 11) is 1.37. The van der Waals surface area contributed by atoms with Gasteiger partial charge in [-0.05, 0) is 98.7 Å². The molecule has 3 aliphatic rings. The molecule has 0 aromatic heterocycles. The fraction of sp³-hybridized carbons (Fsp3) is 0.771. The van der Waals surface area contributed by atoms with Crippen LogP contribution in [-0.4, -0.2) is 50.8 Å². The van der Waals surface area contributed by atoms with E-state index in [1.54, 1.807) is 0 Å². The van der Waals surface area contributed by atoms with Gasteiger partial charge in [-0.15, -0.1) is 0 Å². The van der Waals surface area contributed by atoms with Gasteiger partial charge in [0.05, 0.1) is 13.2 Å². The van der Waals surface area contributed by atoms with Gasteiger partial charge in [0.15, 0.2) is 12.9 Å². The zero-order valence-electron chi connectivity index (χ0n) is 26.4. The van der Waals surface area contributed by atoms with Crippen molar-refractivity contribution in [2.45, 2.75) is 129 Å². The molecule has 0 N–H and O–H groups in total. The molecular formula is C35H54O7. The number of carbonyl (C=O) groups is 2. The van der Waals surface area contributed by atoms with Crippen molar-refractivity contribution >= 4 is 11.9 Å². The van der Waals surface area contributed by atoms with Crippen molar-refractivity contribution in [3.63, 3.8) is 0 Å². The molecule has 7 heteroatoms. The van der Waals surface area contributed by atoms with E-state index in [-0.39, 0.29) is 43.0 Å². The molecule has 1 aromatic carbocycles. The molecule has 6 atom stereocenters. The number of rotatable bonds is 16. The Hall–Kier alpha value is -2.12. The van der Waals surface area contributed by atoms with Crippen molar-refractivity contribution in [2.24, 2.45) is 23.7 Å². The van der Waals surface area contributed by atoms with Crippen molar-refractivity contribution in [3.05, 3.63) is 29.3 Å². The van der Waals surface area contributed by atoms with E-state index < -0.39 is 0 Å². The molecule has 0 amide bonds. The second kappa shape index (κ2) is 16.7. The molecule has 4 rings (SSSR count). The van der Waals surface area contributed by atoms with Gasteiger partial charge in [0.2, 0.25) is 0 Å². The maximum Gasteiger partial charge on any atom is 0.343 e. The van der Waals surface area contributed by atoms with E-state index in [0.717, 1.165) is 70.1 Å². The zero-order chi connectivity index (χ0) is 29.9. The molecule has 236 valence electrons. The average molecular weight is 587 g/mol. The molecule has 0 bridgehead atoms. The predicted molar refractivity (Wildman–Crippen MR) is 162 cm³/mol. The van der Waals surface area contributed by atoms with Gasteiger partial charge in [-0.2, -0.15) is 0 Å². The SMILES string of the molecule is CCCCC[C@@H](CCC[C@@H]1[C@H]2Cc3cccc(OCC(=O)OC)c3C[C@H]2C[C@H]1OC(=O)CC(C)C)OC1CCCCO1. The van der Waals surface area contributed by atoms with E-state index >= 15 is 0 Å². The zero-order valence-corrected chi connectivity index (χ0v) is 26.4. The second-order valence-corrected chi connectivity index (χ2v) is 13.1. The summed E-state index contributed by atoms with van der Waals surface area (Å²) in [5.41, 5.74) is 2.47. The van der Waals surface area contributed by atoms with E-state index in [9.17, 15) is 9.59 Å². The van der Waals surface area contributed by atoms with Crippen LogP contribution in [0, 0.1) is 23.7 Å². The summed E-state index contributed by atoms with van der Waals surface area (Å²) in [5.74, 6) is 1.81. The number of benzene rings is 1. The summed E-state index contributed by atoms with van der Waals surface area (Å²) in [6.45, 7) is 7.08. The summed E-state index contributed by atoms with van der Waals surface area (Å²) in [6, 6.07) is 6.15. The monoisotopic (exact) mass is 586 g/mol. The molecule has 0 radical (unpaired) electrons. The van der Waals surface area contributed by atoms with Crippen LogP contribution in [0.1, 0.15) is 109 Å². The molecule has 1 heterocycles. The van der Waals surface area contributed by atoms with Gasteiger partial charge in [-0.25, -0.2) is 4.79 Å². The van der Waals surface area contributed by atoms with Crippen molar-refractivity contribution in [2.75, 3.05) is 20.3 Å². The molecule has 1 saturated carbocycles. The van der Waals surface area contributed by atoms with Crippen LogP contribution < -0.4 is 4.74 Å². The van der Waals surface area contributed by atoms with Crippen LogP contribution in [0.3, 0.4) is 0 Å². The van der Waals surface area contributed by atoms with E-state index in [1.165, 1.54) is 43.9 Å². The minimum Gasteiger partial charge on any atom is -0.482 e. The number of esters is 2. The molecule has 42 heavy (non-hydrogen) atoms. The van der Waals surface area contributed by atoms with Crippen LogP contribution in [0.5, 0.6) is 5.75 Å². The summed E-state index contributed by atoms with van der Waals surface area (Å²) >= 11 is 0. The number of hydrogen-bond acceptors (Lipinski definition) is 7. The van der Waals surface area contributed by atoms with Crippen LogP contribution in [0.2, 0.25) is 0 Å². The lowest BCUT2D eigenvalue weighted by molar-refractivity contribution is -0.191. The van der Waals surface area contributed by atoms with Crippen molar-refractivity contribution < 1.29 is 33.3 Å². The lowest BCUT2D eigenvalue weighted by Gasteiger charge is -2.33. The summed E-state index contributed by atoms with van der Waals surface area (Å²) < 4.78 is 29.3. The smallest absolute Gasteiger partial charge is 0.343 e. The Morgan fingerprint density at radius 3 is 2.62 bits per heavy atom. The number of hydrogen-bond donors (Lipinski definition) is 0. The van der Waals surface area contributed by atoms with Crippen LogP contribution in [0.25, 0.3) is 0 Å². The molecule has 1 aliphatic heterocycles. The van der Waals surface area contributed by atoms with E-state index in [2.05, 4.69) is 26.8 Å². The maximum absolute atomic E-state index is 12.8. The topological polar surface area (TPSA) is 80.3 Å². The quantitative estimate of drug-likeness (QED) is 0.150. The molecule has 1 unspecified atom stereocenters. The van der Waals surface area contributed by atoms with Crippen molar-refractivity contribution in [1.82, 2.24) is 0 Å². The number of carbonyl (C=O) groups excluding carboxylic acids is 2. The largest absolute Gasteiger partial charge is 0.482 e. The summed E-state index contributed by atoms with van der Waals surface area (Å²) in [4.78, 5) is 24.6. The van der Waals surface area contributed by atoms with Crippen molar-refractivity contribution in [1.29, 1.82) is 0 Å². The lowest BCUT2D eigenvalue weighted by Crippen LogP contribution is -2.30. The van der Waals surface area contributed by atoms with Gasteiger partial charge >= 0.3 is 11.9 Å². The van der Waals surface area contributed by atoms with E-state index in [1.807, 2.05) is 12.1 Å². The summed E-state index contributed by atoms with van der Waals surface area (Å²) in [5, 5.41) is 0. The maximum atomic E-state index is 12.8. The highest BCUT2D eigenvalue weighted by molar-refractivity contribution is 5.71. The predicted octanol–water partition coefficient (Wildman–Crippen LogP) is 7.21. The van der Waals surface area contributed by atoms with Gasteiger partial charge in [0.1, 0.15) is 11.9 Å². The minimum absolute atomic E-state index is 0.0545. The summed E-state index contributed by atoms with van der Waals surface area (Å²) in [6.07, 6.45) is 14.4.